The van der Waals surface area contributed by atoms with Gasteiger partial charge in [0.25, 0.3) is 0 Å². The number of hydrogen-bond donors (Lipinski definition) is 1. The molecule has 0 radical (unpaired) electrons. The number of aryl methyl sites for hydroxylation is 1. The predicted octanol–water partition coefficient (Wildman–Crippen LogP) is 2.11. The van der Waals surface area contributed by atoms with E-state index in [1.54, 1.807) is 6.07 Å². The van der Waals surface area contributed by atoms with Crippen LogP contribution >= 0.6 is 0 Å². The van der Waals surface area contributed by atoms with Crippen molar-refractivity contribution in [1.29, 1.82) is 0 Å². The molecule has 14 heavy (non-hydrogen) atoms. The van der Waals surface area contributed by atoms with E-state index < -0.39 is 5.67 Å². The molecule has 1 aromatic rings. The maximum Gasteiger partial charge on any atom is 0.153 e. The van der Waals surface area contributed by atoms with E-state index >= 15 is 0 Å². The molecule has 0 bridgehead atoms. The maximum absolute atomic E-state index is 13.8. The van der Waals surface area contributed by atoms with Crippen LogP contribution in [0.25, 0.3) is 0 Å². The Labute approximate surface area is 82.3 Å². The molecule has 0 amide bonds. The number of nitrogens with zero attached hydrogens (tertiary/aromatic N) is 1. The van der Waals surface area contributed by atoms with Crippen molar-refractivity contribution in [1.82, 2.24) is 4.98 Å². The van der Waals surface area contributed by atoms with Gasteiger partial charge in [0.15, 0.2) is 5.67 Å². The highest BCUT2D eigenvalue weighted by molar-refractivity contribution is 5.53. The van der Waals surface area contributed by atoms with Crippen LogP contribution < -0.4 is 5.73 Å². The number of aromatic nitrogens is 1. The third kappa shape index (κ3) is 1.04. The molecule has 2 aliphatic rings. The van der Waals surface area contributed by atoms with Crippen molar-refractivity contribution in [2.45, 2.75) is 37.8 Å². The van der Waals surface area contributed by atoms with Crippen molar-refractivity contribution in [2.24, 2.45) is 0 Å². The maximum atomic E-state index is 13.8. The van der Waals surface area contributed by atoms with E-state index in [-0.39, 0.29) is 0 Å². The average Bonchev–Trinajstić information content (AvgIpc) is 2.75. The third-order valence-electron chi connectivity index (χ3n) is 3.23. The Morgan fingerprint density at radius 2 is 2.14 bits per heavy atom. The van der Waals surface area contributed by atoms with Gasteiger partial charge in [-0.15, -0.1) is 0 Å². The number of rotatable bonds is 1. The van der Waals surface area contributed by atoms with E-state index in [1.165, 1.54) is 0 Å². The van der Waals surface area contributed by atoms with Gasteiger partial charge in [0.05, 0.1) is 5.69 Å². The lowest BCUT2D eigenvalue weighted by molar-refractivity contribution is 0.309. The fourth-order valence-corrected chi connectivity index (χ4v) is 2.17. The molecule has 0 atom stereocenters. The summed E-state index contributed by atoms with van der Waals surface area (Å²) in [5.41, 5.74) is 8.23. The van der Waals surface area contributed by atoms with Gasteiger partial charge in [-0.05, 0) is 43.7 Å². The van der Waals surface area contributed by atoms with E-state index in [9.17, 15) is 4.39 Å². The van der Waals surface area contributed by atoms with E-state index in [2.05, 4.69) is 4.98 Å². The van der Waals surface area contributed by atoms with Crippen molar-refractivity contribution in [2.75, 3.05) is 5.73 Å². The van der Waals surface area contributed by atoms with Crippen LogP contribution in [0.2, 0.25) is 0 Å². The zero-order valence-corrected chi connectivity index (χ0v) is 8.02. The van der Waals surface area contributed by atoms with Crippen LogP contribution in [-0.4, -0.2) is 4.98 Å². The van der Waals surface area contributed by atoms with Crippen molar-refractivity contribution < 1.29 is 4.39 Å². The highest BCUT2D eigenvalue weighted by Crippen LogP contribution is 2.49. The van der Waals surface area contributed by atoms with E-state index in [0.29, 0.717) is 18.5 Å². The number of alkyl halides is 1. The first-order valence-corrected chi connectivity index (χ1v) is 5.17. The van der Waals surface area contributed by atoms with Gasteiger partial charge in [0.2, 0.25) is 0 Å². The number of nitrogens with two attached hydrogens (primary N) is 1. The molecular formula is C11H13FN2. The minimum atomic E-state index is -1.15. The summed E-state index contributed by atoms with van der Waals surface area (Å²) in [6, 6.07) is 1.73. The first-order valence-electron chi connectivity index (χ1n) is 5.17. The molecule has 2 nitrogen and oxygen atoms in total. The summed E-state index contributed by atoms with van der Waals surface area (Å²) in [5.74, 6) is 0. The van der Waals surface area contributed by atoms with Crippen LogP contribution in [0, 0.1) is 0 Å². The van der Waals surface area contributed by atoms with Crippen LogP contribution in [0.5, 0.6) is 0 Å². The number of pyridine rings is 1. The minimum absolute atomic E-state index is 0.565. The van der Waals surface area contributed by atoms with Gasteiger partial charge in [-0.25, -0.2) is 4.39 Å². The van der Waals surface area contributed by atoms with Crippen molar-refractivity contribution in [3.63, 3.8) is 0 Å². The van der Waals surface area contributed by atoms with Crippen molar-refractivity contribution in [3.05, 3.63) is 23.0 Å². The monoisotopic (exact) mass is 192 g/mol. The molecule has 1 aromatic heterocycles. The molecule has 74 valence electrons. The predicted molar refractivity (Wildman–Crippen MR) is 52.7 cm³/mol. The van der Waals surface area contributed by atoms with Crippen LogP contribution in [0.15, 0.2) is 6.07 Å². The number of hydrogen-bond acceptors (Lipinski definition) is 2. The Morgan fingerprint density at radius 1 is 1.36 bits per heavy atom. The van der Waals surface area contributed by atoms with E-state index in [0.717, 1.165) is 36.2 Å². The summed E-state index contributed by atoms with van der Waals surface area (Å²) in [5, 5.41) is 0. The fraction of sp³-hybridized carbons (Fsp3) is 0.545. The van der Waals surface area contributed by atoms with Gasteiger partial charge in [0, 0.05) is 11.4 Å². The largest absolute Gasteiger partial charge is 0.398 e. The number of halogens is 1. The van der Waals surface area contributed by atoms with E-state index in [1.807, 2.05) is 0 Å². The Morgan fingerprint density at radius 3 is 2.86 bits per heavy atom. The number of fused-ring (bicyclic) bond motifs is 1. The Balaban J connectivity index is 2.12. The average molecular weight is 192 g/mol. The summed E-state index contributed by atoms with van der Waals surface area (Å²) < 4.78 is 13.8. The molecule has 0 unspecified atom stereocenters. The number of anilines is 1. The molecule has 2 aliphatic carbocycles. The normalized spacial score (nSPS) is 22.1. The summed E-state index contributed by atoms with van der Waals surface area (Å²) in [7, 11) is 0. The second-order valence-corrected chi connectivity index (χ2v) is 4.34. The zero-order chi connectivity index (χ0) is 9.76. The van der Waals surface area contributed by atoms with Gasteiger partial charge in [-0.1, -0.05) is 0 Å². The van der Waals surface area contributed by atoms with Crippen molar-refractivity contribution >= 4 is 5.69 Å². The lowest BCUT2D eigenvalue weighted by Gasteiger charge is -2.09. The lowest BCUT2D eigenvalue weighted by atomic mass is 10.1. The minimum Gasteiger partial charge on any atom is -0.398 e. The fourth-order valence-electron chi connectivity index (χ4n) is 2.17. The zero-order valence-electron chi connectivity index (χ0n) is 8.02. The van der Waals surface area contributed by atoms with Gasteiger partial charge in [0.1, 0.15) is 0 Å². The van der Waals surface area contributed by atoms with E-state index in [4.69, 9.17) is 5.73 Å². The molecule has 0 aromatic carbocycles. The third-order valence-corrected chi connectivity index (χ3v) is 3.23. The van der Waals surface area contributed by atoms with Crippen LogP contribution in [-0.2, 0) is 18.5 Å². The van der Waals surface area contributed by atoms with Gasteiger partial charge < -0.3 is 5.73 Å². The first kappa shape index (κ1) is 8.21. The first-order chi connectivity index (χ1) is 6.69. The standard InChI is InChI=1S/C11H13FN2/c12-11(4-5-11)10-6-8(13)7-2-1-3-9(7)14-10/h6H,1-5H2,(H2,13,14). The molecule has 2 N–H and O–H groups in total. The molecule has 3 heteroatoms. The second kappa shape index (κ2) is 2.47. The van der Waals surface area contributed by atoms with Crippen molar-refractivity contribution in [3.8, 4) is 0 Å². The van der Waals surface area contributed by atoms with Crippen LogP contribution in [0.1, 0.15) is 36.2 Å². The lowest BCUT2D eigenvalue weighted by Crippen LogP contribution is -2.06. The molecule has 0 aliphatic heterocycles. The van der Waals surface area contributed by atoms with Gasteiger partial charge >= 0.3 is 0 Å². The summed E-state index contributed by atoms with van der Waals surface area (Å²) >= 11 is 0. The quantitative estimate of drug-likeness (QED) is 0.740. The summed E-state index contributed by atoms with van der Waals surface area (Å²) in [6.45, 7) is 0. The highest BCUT2D eigenvalue weighted by Gasteiger charge is 2.47. The SMILES string of the molecule is Nc1cc(C2(F)CC2)nc2c1CCC2. The molecule has 3 rings (SSSR count). The summed E-state index contributed by atoms with van der Waals surface area (Å²) in [6.07, 6.45) is 4.29. The molecule has 1 saturated carbocycles. The molecule has 1 fully saturated rings. The van der Waals surface area contributed by atoms with Crippen LogP contribution in [0.3, 0.4) is 0 Å². The molecular weight excluding hydrogens is 179 g/mol. The smallest absolute Gasteiger partial charge is 0.153 e. The Kier molecular flexibility index (Phi) is 1.45. The van der Waals surface area contributed by atoms with Gasteiger partial charge in [-0.2, -0.15) is 0 Å². The Hall–Kier alpha value is -1.12. The topological polar surface area (TPSA) is 38.9 Å². The molecule has 1 heterocycles. The molecule has 0 saturated heterocycles. The molecule has 0 spiro atoms. The second-order valence-electron chi connectivity index (χ2n) is 4.34. The summed E-state index contributed by atoms with van der Waals surface area (Å²) in [4.78, 5) is 4.39. The van der Waals surface area contributed by atoms with Crippen LogP contribution in [0.4, 0.5) is 10.1 Å². The number of nitrogen functional groups attached to an aromatic ring is 1. The highest BCUT2D eigenvalue weighted by atomic mass is 19.1. The Bertz CT molecular complexity index is 397. The van der Waals surface area contributed by atoms with Gasteiger partial charge in [-0.3, -0.25) is 4.98 Å².